The Morgan fingerprint density at radius 2 is 1.76 bits per heavy atom. The van der Waals surface area contributed by atoms with Gasteiger partial charge in [-0.2, -0.15) is 0 Å². The van der Waals surface area contributed by atoms with Crippen molar-refractivity contribution in [3.8, 4) is 0 Å². The van der Waals surface area contributed by atoms with Gasteiger partial charge in [-0.05, 0) is 50.8 Å². The van der Waals surface area contributed by atoms with E-state index in [0.29, 0.717) is 12.8 Å². The molecule has 0 saturated heterocycles. The first-order valence-corrected chi connectivity index (χ1v) is 11.6. The van der Waals surface area contributed by atoms with Crippen molar-refractivity contribution in [2.75, 3.05) is 13.6 Å². The highest BCUT2D eigenvalue weighted by Crippen LogP contribution is 2.19. The Hall–Kier alpha value is -2.96. The molecule has 1 rings (SSSR count). The summed E-state index contributed by atoms with van der Waals surface area (Å²) in [6.45, 7) is 7.62. The van der Waals surface area contributed by atoms with E-state index in [1.54, 1.807) is 20.0 Å². The third-order valence-electron chi connectivity index (χ3n) is 5.58. The van der Waals surface area contributed by atoms with Gasteiger partial charge in [-0.3, -0.25) is 19.2 Å². The SMILES string of the molecule is CCCCC(CC(=O)/C=C(\C)c1ccc(C)cc1)C(=O)N(C)CC(=O)N[C@H](C)CCC(N)=O. The maximum absolute atomic E-state index is 13.0. The van der Waals surface area contributed by atoms with Crippen molar-refractivity contribution in [3.63, 3.8) is 0 Å². The average Bonchev–Trinajstić information content (AvgIpc) is 2.74. The first-order chi connectivity index (χ1) is 15.5. The van der Waals surface area contributed by atoms with Crippen LogP contribution in [0.15, 0.2) is 30.3 Å². The van der Waals surface area contributed by atoms with Gasteiger partial charge in [0.2, 0.25) is 17.7 Å². The molecular weight excluding hydrogens is 418 g/mol. The lowest BCUT2D eigenvalue weighted by atomic mass is 9.93. The predicted octanol–water partition coefficient (Wildman–Crippen LogP) is 3.39. The molecule has 33 heavy (non-hydrogen) atoms. The molecule has 1 aromatic carbocycles. The lowest BCUT2D eigenvalue weighted by molar-refractivity contribution is -0.139. The van der Waals surface area contributed by atoms with Crippen molar-refractivity contribution in [1.29, 1.82) is 0 Å². The maximum atomic E-state index is 13.0. The number of aryl methyl sites for hydroxylation is 1. The zero-order valence-corrected chi connectivity index (χ0v) is 20.6. The van der Waals surface area contributed by atoms with Gasteiger partial charge in [-0.1, -0.05) is 49.6 Å². The molecule has 0 aromatic heterocycles. The van der Waals surface area contributed by atoms with Crippen molar-refractivity contribution in [3.05, 3.63) is 41.5 Å². The first-order valence-electron chi connectivity index (χ1n) is 11.6. The molecule has 0 aliphatic heterocycles. The van der Waals surface area contributed by atoms with E-state index in [4.69, 9.17) is 5.73 Å². The predicted molar refractivity (Wildman–Crippen MR) is 131 cm³/mol. The number of primary amides is 1. The zero-order chi connectivity index (χ0) is 25.0. The van der Waals surface area contributed by atoms with Crippen molar-refractivity contribution in [2.45, 2.75) is 72.3 Å². The van der Waals surface area contributed by atoms with Gasteiger partial charge in [0.15, 0.2) is 5.78 Å². The molecule has 0 bridgehead atoms. The standard InChI is InChI=1S/C26H39N3O4/c1-6-7-8-22(16-23(30)15-19(3)21-12-9-18(2)10-13-21)26(33)29(5)17-25(32)28-20(4)11-14-24(27)31/h9-10,12-13,15,20,22H,6-8,11,14,16-17H2,1-5H3,(H2,27,31)(H,28,32)/b19-15+/t20-,22?/m1/s1. The number of rotatable bonds is 14. The number of amides is 3. The Balaban J connectivity index is 2.75. The third-order valence-corrected chi connectivity index (χ3v) is 5.58. The molecule has 1 aromatic rings. The van der Waals surface area contributed by atoms with Crippen LogP contribution >= 0.6 is 0 Å². The summed E-state index contributed by atoms with van der Waals surface area (Å²) in [5.74, 6) is -1.50. The second-order valence-corrected chi connectivity index (χ2v) is 8.87. The van der Waals surface area contributed by atoms with Gasteiger partial charge in [0.25, 0.3) is 0 Å². The van der Waals surface area contributed by atoms with Crippen LogP contribution in [0.1, 0.15) is 70.4 Å². The van der Waals surface area contributed by atoms with Gasteiger partial charge in [0, 0.05) is 31.8 Å². The highest BCUT2D eigenvalue weighted by Gasteiger charge is 2.25. The van der Waals surface area contributed by atoms with E-state index in [1.807, 2.05) is 45.0 Å². The number of benzene rings is 1. The number of hydrogen-bond donors (Lipinski definition) is 2. The van der Waals surface area contributed by atoms with Crippen LogP contribution in [0.5, 0.6) is 0 Å². The molecule has 0 heterocycles. The summed E-state index contributed by atoms with van der Waals surface area (Å²) >= 11 is 0. The summed E-state index contributed by atoms with van der Waals surface area (Å²) in [6, 6.07) is 7.73. The second-order valence-electron chi connectivity index (χ2n) is 8.87. The number of hydrogen-bond acceptors (Lipinski definition) is 4. The number of carbonyl (C=O) groups is 4. The van der Waals surface area contributed by atoms with Crippen LogP contribution in [0.3, 0.4) is 0 Å². The van der Waals surface area contributed by atoms with E-state index in [0.717, 1.165) is 29.5 Å². The molecule has 0 aliphatic rings. The van der Waals surface area contributed by atoms with Gasteiger partial charge in [0.1, 0.15) is 0 Å². The second kappa shape index (κ2) is 14.2. The summed E-state index contributed by atoms with van der Waals surface area (Å²) in [6.07, 6.45) is 4.69. The summed E-state index contributed by atoms with van der Waals surface area (Å²) in [4.78, 5) is 50.3. The molecule has 0 radical (unpaired) electrons. The number of nitrogens with two attached hydrogens (primary N) is 1. The van der Waals surface area contributed by atoms with E-state index in [-0.39, 0.29) is 43.0 Å². The quantitative estimate of drug-likeness (QED) is 0.417. The van der Waals surface area contributed by atoms with Gasteiger partial charge in [-0.15, -0.1) is 0 Å². The Bertz CT molecular complexity index is 846. The number of likely N-dealkylation sites (N-methyl/N-ethyl adjacent to an activating group) is 1. The smallest absolute Gasteiger partial charge is 0.239 e. The number of allylic oxidation sites excluding steroid dienone is 2. The fourth-order valence-electron chi connectivity index (χ4n) is 3.56. The van der Waals surface area contributed by atoms with E-state index in [2.05, 4.69) is 5.32 Å². The minimum absolute atomic E-state index is 0.0968. The third kappa shape index (κ3) is 10.9. The number of nitrogens with zero attached hydrogens (tertiary/aromatic N) is 1. The molecule has 3 N–H and O–H groups in total. The molecule has 0 spiro atoms. The van der Waals surface area contributed by atoms with E-state index < -0.39 is 11.8 Å². The first kappa shape index (κ1) is 28.1. The lowest BCUT2D eigenvalue weighted by Gasteiger charge is -2.24. The summed E-state index contributed by atoms with van der Waals surface area (Å²) in [5, 5.41) is 2.78. The number of carbonyl (C=O) groups excluding carboxylic acids is 4. The van der Waals surface area contributed by atoms with E-state index in [9.17, 15) is 19.2 Å². The number of unbranched alkanes of at least 4 members (excludes halogenated alkanes) is 1. The largest absolute Gasteiger partial charge is 0.370 e. The van der Waals surface area contributed by atoms with Crippen molar-refractivity contribution < 1.29 is 19.2 Å². The monoisotopic (exact) mass is 457 g/mol. The van der Waals surface area contributed by atoms with Crippen LogP contribution in [0.25, 0.3) is 5.57 Å². The zero-order valence-electron chi connectivity index (χ0n) is 20.6. The molecule has 182 valence electrons. The van der Waals surface area contributed by atoms with Crippen LogP contribution in [0.2, 0.25) is 0 Å². The van der Waals surface area contributed by atoms with Gasteiger partial charge in [0.05, 0.1) is 6.54 Å². The molecular formula is C26H39N3O4. The highest BCUT2D eigenvalue weighted by atomic mass is 16.2. The molecule has 7 nitrogen and oxygen atoms in total. The molecule has 7 heteroatoms. The fraction of sp³-hybridized carbons (Fsp3) is 0.538. The summed E-state index contributed by atoms with van der Waals surface area (Å²) in [5.41, 5.74) is 8.13. The number of ketones is 1. The van der Waals surface area contributed by atoms with Gasteiger partial charge in [-0.25, -0.2) is 0 Å². The van der Waals surface area contributed by atoms with Gasteiger partial charge < -0.3 is 16.0 Å². The van der Waals surface area contributed by atoms with Crippen LogP contribution in [-0.4, -0.2) is 48.0 Å². The van der Waals surface area contributed by atoms with Crippen LogP contribution in [0.4, 0.5) is 0 Å². The van der Waals surface area contributed by atoms with E-state index >= 15 is 0 Å². The average molecular weight is 458 g/mol. The summed E-state index contributed by atoms with van der Waals surface area (Å²) < 4.78 is 0. The molecule has 0 aliphatic carbocycles. The van der Waals surface area contributed by atoms with E-state index in [1.165, 1.54) is 4.90 Å². The minimum atomic E-state index is -0.468. The van der Waals surface area contributed by atoms with Crippen molar-refractivity contribution in [2.24, 2.45) is 11.7 Å². The van der Waals surface area contributed by atoms with Crippen LogP contribution in [-0.2, 0) is 19.2 Å². The Morgan fingerprint density at radius 1 is 1.12 bits per heavy atom. The van der Waals surface area contributed by atoms with Crippen molar-refractivity contribution >= 4 is 29.1 Å². The minimum Gasteiger partial charge on any atom is -0.370 e. The maximum Gasteiger partial charge on any atom is 0.239 e. The summed E-state index contributed by atoms with van der Waals surface area (Å²) in [7, 11) is 1.58. The number of nitrogens with one attached hydrogen (secondary N) is 1. The molecule has 3 amide bonds. The highest BCUT2D eigenvalue weighted by molar-refractivity contribution is 5.99. The van der Waals surface area contributed by atoms with Gasteiger partial charge >= 0.3 is 0 Å². The lowest BCUT2D eigenvalue weighted by Crippen LogP contribution is -2.44. The Kier molecular flexibility index (Phi) is 12.1. The van der Waals surface area contributed by atoms with Crippen molar-refractivity contribution in [1.82, 2.24) is 10.2 Å². The molecule has 2 atom stereocenters. The molecule has 0 saturated carbocycles. The van der Waals surface area contributed by atoms with Crippen LogP contribution < -0.4 is 11.1 Å². The molecule has 0 fully saturated rings. The Labute approximate surface area is 197 Å². The van der Waals surface area contributed by atoms with Crippen LogP contribution in [0, 0.1) is 12.8 Å². The Morgan fingerprint density at radius 3 is 2.33 bits per heavy atom. The topological polar surface area (TPSA) is 110 Å². The normalized spacial score (nSPS) is 13.2. The fourth-order valence-corrected chi connectivity index (χ4v) is 3.56. The molecule has 1 unspecified atom stereocenters.